The van der Waals surface area contributed by atoms with E-state index < -0.39 is 0 Å². The largest absolute Gasteiger partial charge is 0.264 e. The van der Waals surface area contributed by atoms with E-state index in [1.54, 1.807) is 23.1 Å². The first kappa shape index (κ1) is 8.11. The van der Waals surface area contributed by atoms with Gasteiger partial charge in [0.05, 0.1) is 11.9 Å². The quantitative estimate of drug-likeness (QED) is 0.596. The van der Waals surface area contributed by atoms with E-state index in [0.717, 1.165) is 16.9 Å². The van der Waals surface area contributed by atoms with Crippen molar-refractivity contribution in [1.29, 1.82) is 0 Å². The lowest BCUT2D eigenvalue weighted by Gasteiger charge is -1.91. The Balaban J connectivity index is 2.21. The molecule has 0 radical (unpaired) electrons. The Bertz CT molecular complexity index is 553. The number of imidazole rings is 1. The lowest BCUT2D eigenvalue weighted by atomic mass is 10.2. The second-order valence-corrected chi connectivity index (χ2v) is 3.19. The molecule has 0 atom stereocenters. The number of hydrogen-bond donors (Lipinski definition) is 0. The molecule has 72 valence electrons. The Labute approximate surface area is 86.2 Å². The van der Waals surface area contributed by atoms with Crippen molar-refractivity contribution in [3.63, 3.8) is 0 Å². The molecule has 0 aromatic carbocycles. The van der Waals surface area contributed by atoms with Crippen molar-refractivity contribution < 1.29 is 0 Å². The van der Waals surface area contributed by atoms with Crippen molar-refractivity contribution in [1.82, 2.24) is 19.6 Å². The first-order chi connectivity index (χ1) is 7.43. The molecule has 3 aromatic rings. The molecule has 0 N–H and O–H groups in total. The van der Waals surface area contributed by atoms with Crippen LogP contribution in [0.3, 0.4) is 0 Å². The fourth-order valence-electron chi connectivity index (χ4n) is 1.48. The number of pyridine rings is 1. The maximum atomic E-state index is 4.44. The van der Waals surface area contributed by atoms with Crippen LogP contribution in [0.25, 0.3) is 16.9 Å². The van der Waals surface area contributed by atoms with Gasteiger partial charge in [0.1, 0.15) is 0 Å². The Hall–Kier alpha value is -2.23. The fraction of sp³-hybridized carbons (Fsp3) is 0. The lowest BCUT2D eigenvalue weighted by molar-refractivity contribution is 0.936. The summed E-state index contributed by atoms with van der Waals surface area (Å²) in [6, 6.07) is 7.67. The number of fused-ring (bicyclic) bond motifs is 1. The molecule has 0 aliphatic carbocycles. The van der Waals surface area contributed by atoms with Crippen LogP contribution >= 0.6 is 0 Å². The van der Waals surface area contributed by atoms with E-state index in [2.05, 4.69) is 15.1 Å². The molecule has 0 fully saturated rings. The molecule has 0 aliphatic rings. The molecular formula is C11H8N4. The molecule has 0 aliphatic heterocycles. The Morgan fingerprint density at radius 2 is 2.00 bits per heavy atom. The van der Waals surface area contributed by atoms with Crippen LogP contribution in [0.5, 0.6) is 0 Å². The van der Waals surface area contributed by atoms with Gasteiger partial charge in [0.25, 0.3) is 0 Å². The van der Waals surface area contributed by atoms with Gasteiger partial charge >= 0.3 is 0 Å². The minimum absolute atomic E-state index is 0.844. The monoisotopic (exact) mass is 196 g/mol. The van der Waals surface area contributed by atoms with Crippen molar-refractivity contribution in [2.75, 3.05) is 0 Å². The molecule has 4 nitrogen and oxygen atoms in total. The molecule has 4 heteroatoms. The fourth-order valence-corrected chi connectivity index (χ4v) is 1.48. The highest BCUT2D eigenvalue weighted by atomic mass is 15.2. The predicted octanol–water partition coefficient (Wildman–Crippen LogP) is 1.79. The van der Waals surface area contributed by atoms with Crippen molar-refractivity contribution >= 4 is 5.65 Å². The molecule has 0 amide bonds. The molecule has 15 heavy (non-hydrogen) atoms. The molecular weight excluding hydrogens is 188 g/mol. The standard InChI is InChI=1S/C11H8N4/c1-3-9(7-12-5-1)10-8-15-11(14-10)4-2-6-13-15/h1-8H. The van der Waals surface area contributed by atoms with Crippen molar-refractivity contribution in [2.45, 2.75) is 0 Å². The van der Waals surface area contributed by atoms with Crippen LogP contribution in [0, 0.1) is 0 Å². The lowest BCUT2D eigenvalue weighted by Crippen LogP contribution is -1.85. The van der Waals surface area contributed by atoms with Crippen LogP contribution in [-0.2, 0) is 0 Å². The SMILES string of the molecule is c1cncc(-c2cn3ncccc3n2)c1. The Kier molecular flexibility index (Phi) is 1.71. The third kappa shape index (κ3) is 1.36. The summed E-state index contributed by atoms with van der Waals surface area (Å²) in [6.45, 7) is 0. The van der Waals surface area contributed by atoms with Gasteiger partial charge in [-0.3, -0.25) is 4.98 Å². The zero-order valence-electron chi connectivity index (χ0n) is 7.91. The molecule has 0 saturated carbocycles. The van der Waals surface area contributed by atoms with Gasteiger partial charge in [0, 0.05) is 24.2 Å². The van der Waals surface area contributed by atoms with E-state index >= 15 is 0 Å². The van der Waals surface area contributed by atoms with Crippen LogP contribution in [0.2, 0.25) is 0 Å². The van der Waals surface area contributed by atoms with E-state index in [1.807, 2.05) is 30.5 Å². The smallest absolute Gasteiger partial charge is 0.154 e. The summed E-state index contributed by atoms with van der Waals surface area (Å²) in [4.78, 5) is 8.50. The van der Waals surface area contributed by atoms with Gasteiger partial charge in [0.15, 0.2) is 5.65 Å². The normalized spacial score (nSPS) is 10.7. The van der Waals surface area contributed by atoms with E-state index in [9.17, 15) is 0 Å². The zero-order chi connectivity index (χ0) is 10.1. The maximum Gasteiger partial charge on any atom is 0.154 e. The van der Waals surface area contributed by atoms with E-state index in [1.165, 1.54) is 0 Å². The van der Waals surface area contributed by atoms with Gasteiger partial charge in [-0.15, -0.1) is 0 Å². The summed E-state index contributed by atoms with van der Waals surface area (Å²) in [6.07, 6.45) is 7.17. The average Bonchev–Trinajstić information content (AvgIpc) is 2.74. The van der Waals surface area contributed by atoms with Crippen molar-refractivity contribution in [3.8, 4) is 11.3 Å². The van der Waals surface area contributed by atoms with Crippen molar-refractivity contribution in [2.24, 2.45) is 0 Å². The zero-order valence-corrected chi connectivity index (χ0v) is 7.91. The van der Waals surface area contributed by atoms with Gasteiger partial charge in [-0.2, -0.15) is 5.10 Å². The maximum absolute atomic E-state index is 4.44. The van der Waals surface area contributed by atoms with E-state index in [4.69, 9.17) is 0 Å². The molecule has 0 saturated heterocycles. The summed E-state index contributed by atoms with van der Waals surface area (Å²) < 4.78 is 1.75. The van der Waals surface area contributed by atoms with Gasteiger partial charge in [-0.05, 0) is 24.3 Å². The Morgan fingerprint density at radius 3 is 2.80 bits per heavy atom. The second-order valence-electron chi connectivity index (χ2n) is 3.19. The van der Waals surface area contributed by atoms with Gasteiger partial charge < -0.3 is 0 Å². The van der Waals surface area contributed by atoms with Crippen LogP contribution in [0.4, 0.5) is 0 Å². The summed E-state index contributed by atoms with van der Waals surface area (Å²) in [5.41, 5.74) is 2.74. The van der Waals surface area contributed by atoms with E-state index in [0.29, 0.717) is 0 Å². The first-order valence-corrected chi connectivity index (χ1v) is 4.64. The Morgan fingerprint density at radius 1 is 1.07 bits per heavy atom. The topological polar surface area (TPSA) is 43.1 Å². The molecule has 0 unspecified atom stereocenters. The van der Waals surface area contributed by atoms with Crippen LogP contribution in [0.1, 0.15) is 0 Å². The van der Waals surface area contributed by atoms with Gasteiger partial charge in [0.2, 0.25) is 0 Å². The molecule has 3 heterocycles. The first-order valence-electron chi connectivity index (χ1n) is 4.64. The summed E-state index contributed by atoms with van der Waals surface area (Å²) >= 11 is 0. The second kappa shape index (κ2) is 3.16. The minimum Gasteiger partial charge on any atom is -0.264 e. The highest BCUT2D eigenvalue weighted by molar-refractivity contribution is 5.60. The number of rotatable bonds is 1. The summed E-state index contributed by atoms with van der Waals surface area (Å²) in [7, 11) is 0. The minimum atomic E-state index is 0.844. The molecule has 0 spiro atoms. The number of nitrogens with zero attached hydrogens (tertiary/aromatic N) is 4. The van der Waals surface area contributed by atoms with Crippen molar-refractivity contribution in [3.05, 3.63) is 49.1 Å². The summed E-state index contributed by atoms with van der Waals surface area (Å²) in [5.74, 6) is 0. The third-order valence-corrected chi connectivity index (χ3v) is 2.19. The van der Waals surface area contributed by atoms with Crippen LogP contribution in [-0.4, -0.2) is 19.6 Å². The van der Waals surface area contributed by atoms with Crippen LogP contribution in [0.15, 0.2) is 49.1 Å². The molecule has 3 rings (SSSR count). The van der Waals surface area contributed by atoms with Gasteiger partial charge in [-0.25, -0.2) is 9.50 Å². The third-order valence-electron chi connectivity index (χ3n) is 2.19. The average molecular weight is 196 g/mol. The molecule has 0 bridgehead atoms. The van der Waals surface area contributed by atoms with E-state index in [-0.39, 0.29) is 0 Å². The highest BCUT2D eigenvalue weighted by Gasteiger charge is 2.03. The number of hydrogen-bond acceptors (Lipinski definition) is 3. The summed E-state index contributed by atoms with van der Waals surface area (Å²) in [5, 5.41) is 4.16. The number of aromatic nitrogens is 4. The van der Waals surface area contributed by atoms with Crippen LogP contribution < -0.4 is 0 Å². The highest BCUT2D eigenvalue weighted by Crippen LogP contribution is 2.16. The van der Waals surface area contributed by atoms with Gasteiger partial charge in [-0.1, -0.05) is 0 Å². The molecule has 3 aromatic heterocycles. The predicted molar refractivity (Wildman–Crippen MR) is 56.2 cm³/mol.